The van der Waals surface area contributed by atoms with Crippen molar-refractivity contribution in [1.29, 1.82) is 0 Å². The highest BCUT2D eigenvalue weighted by Gasteiger charge is 2.29. The molecule has 1 aromatic heterocycles. The molecule has 0 unspecified atom stereocenters. The highest BCUT2D eigenvalue weighted by molar-refractivity contribution is 7.91. The van der Waals surface area contributed by atoms with Crippen LogP contribution in [0.3, 0.4) is 0 Å². The SMILES string of the molecule is CCOc1ccc(C(C)=O)cc1CN1CCN(S(=O)(=O)c2cccs2)CC1. The third-order valence-corrected chi connectivity index (χ3v) is 7.85. The van der Waals surface area contributed by atoms with Gasteiger partial charge in [-0.2, -0.15) is 4.31 Å². The minimum absolute atomic E-state index is 0.0196. The number of ketones is 1. The fraction of sp³-hybridized carbons (Fsp3) is 0.421. The number of carbonyl (C=O) groups is 1. The summed E-state index contributed by atoms with van der Waals surface area (Å²) in [5.41, 5.74) is 1.62. The fourth-order valence-corrected chi connectivity index (χ4v) is 5.69. The van der Waals surface area contributed by atoms with Gasteiger partial charge < -0.3 is 4.74 Å². The van der Waals surface area contributed by atoms with Crippen LogP contribution in [0.5, 0.6) is 5.75 Å². The summed E-state index contributed by atoms with van der Waals surface area (Å²) in [6.45, 7) is 6.85. The van der Waals surface area contributed by atoms with Crippen LogP contribution in [0, 0.1) is 0 Å². The molecule has 1 fully saturated rings. The Bertz CT molecular complexity index is 886. The summed E-state index contributed by atoms with van der Waals surface area (Å²) in [4.78, 5) is 13.9. The van der Waals surface area contributed by atoms with Crippen molar-refractivity contribution < 1.29 is 17.9 Å². The number of nitrogens with zero attached hydrogens (tertiary/aromatic N) is 2. The Morgan fingerprint density at radius 1 is 1.19 bits per heavy atom. The van der Waals surface area contributed by atoms with E-state index in [1.807, 2.05) is 19.1 Å². The molecule has 0 saturated carbocycles. The lowest BCUT2D eigenvalue weighted by atomic mass is 10.1. The molecule has 27 heavy (non-hydrogen) atoms. The summed E-state index contributed by atoms with van der Waals surface area (Å²) in [5, 5.41) is 1.78. The smallest absolute Gasteiger partial charge is 0.252 e. The van der Waals surface area contributed by atoms with Crippen molar-refractivity contribution >= 4 is 27.1 Å². The van der Waals surface area contributed by atoms with E-state index < -0.39 is 10.0 Å². The second-order valence-electron chi connectivity index (χ2n) is 6.42. The monoisotopic (exact) mass is 408 g/mol. The van der Waals surface area contributed by atoms with E-state index in [2.05, 4.69) is 4.90 Å². The lowest BCUT2D eigenvalue weighted by Crippen LogP contribution is -2.48. The standard InChI is InChI=1S/C19H24N2O4S2/c1-3-25-18-7-6-16(15(2)22)13-17(18)14-20-8-10-21(11-9-20)27(23,24)19-5-4-12-26-19/h4-7,12-13H,3,8-11,14H2,1-2H3. The van der Waals surface area contributed by atoms with Gasteiger partial charge in [0, 0.05) is 43.9 Å². The van der Waals surface area contributed by atoms with E-state index in [4.69, 9.17) is 4.74 Å². The van der Waals surface area contributed by atoms with E-state index in [1.54, 1.807) is 34.8 Å². The van der Waals surface area contributed by atoms with Gasteiger partial charge in [-0.05, 0) is 43.5 Å². The summed E-state index contributed by atoms with van der Waals surface area (Å²) in [6, 6.07) is 8.90. The molecule has 3 rings (SSSR count). The highest BCUT2D eigenvalue weighted by Crippen LogP contribution is 2.25. The predicted molar refractivity (Wildman–Crippen MR) is 106 cm³/mol. The molecule has 1 aliphatic heterocycles. The number of hydrogen-bond acceptors (Lipinski definition) is 6. The highest BCUT2D eigenvalue weighted by atomic mass is 32.2. The van der Waals surface area contributed by atoms with Crippen molar-refractivity contribution in [3.63, 3.8) is 0 Å². The molecule has 0 amide bonds. The Labute approximate surface area is 164 Å². The van der Waals surface area contributed by atoms with Crippen LogP contribution in [0.25, 0.3) is 0 Å². The maximum absolute atomic E-state index is 12.6. The lowest BCUT2D eigenvalue weighted by Gasteiger charge is -2.34. The van der Waals surface area contributed by atoms with Crippen LogP contribution >= 0.6 is 11.3 Å². The number of Topliss-reactive ketones (excluding diaryl/α,β-unsaturated/α-hetero) is 1. The molecule has 6 nitrogen and oxygen atoms in total. The topological polar surface area (TPSA) is 66.9 Å². The molecule has 0 radical (unpaired) electrons. The molecule has 2 aromatic rings. The van der Waals surface area contributed by atoms with Crippen LogP contribution in [-0.4, -0.2) is 56.2 Å². The summed E-state index contributed by atoms with van der Waals surface area (Å²) in [6.07, 6.45) is 0. The Morgan fingerprint density at radius 3 is 2.52 bits per heavy atom. The van der Waals surface area contributed by atoms with Crippen LogP contribution in [-0.2, 0) is 16.6 Å². The van der Waals surface area contributed by atoms with Crippen LogP contribution in [0.2, 0.25) is 0 Å². The first-order valence-corrected chi connectivity index (χ1v) is 11.3. The van der Waals surface area contributed by atoms with Crippen LogP contribution in [0.4, 0.5) is 0 Å². The molecular formula is C19H24N2O4S2. The fourth-order valence-electron chi connectivity index (χ4n) is 3.12. The van der Waals surface area contributed by atoms with Gasteiger partial charge in [-0.1, -0.05) is 6.07 Å². The normalized spacial score (nSPS) is 16.4. The van der Waals surface area contributed by atoms with E-state index >= 15 is 0 Å². The van der Waals surface area contributed by atoms with Gasteiger partial charge in [0.05, 0.1) is 6.61 Å². The molecule has 0 bridgehead atoms. The zero-order chi connectivity index (χ0) is 19.4. The summed E-state index contributed by atoms with van der Waals surface area (Å²) < 4.78 is 32.9. The van der Waals surface area contributed by atoms with Gasteiger partial charge in [0.1, 0.15) is 9.96 Å². The first-order valence-electron chi connectivity index (χ1n) is 8.94. The molecule has 2 heterocycles. The van der Waals surface area contributed by atoms with Crippen LogP contribution in [0.1, 0.15) is 29.8 Å². The van der Waals surface area contributed by atoms with E-state index in [-0.39, 0.29) is 5.78 Å². The number of sulfonamides is 1. The third-order valence-electron chi connectivity index (χ3n) is 4.58. The number of benzene rings is 1. The van der Waals surface area contributed by atoms with Crippen molar-refractivity contribution in [1.82, 2.24) is 9.21 Å². The average Bonchev–Trinajstić information content (AvgIpc) is 3.19. The van der Waals surface area contributed by atoms with Crippen molar-refractivity contribution in [2.24, 2.45) is 0 Å². The number of carbonyl (C=O) groups excluding carboxylic acids is 1. The molecule has 0 aliphatic carbocycles. The average molecular weight is 409 g/mol. The maximum atomic E-state index is 12.6. The van der Waals surface area contributed by atoms with Crippen molar-refractivity contribution in [2.45, 2.75) is 24.6 Å². The van der Waals surface area contributed by atoms with Gasteiger partial charge in [-0.15, -0.1) is 11.3 Å². The summed E-state index contributed by atoms with van der Waals surface area (Å²) in [5.74, 6) is 0.794. The molecule has 0 spiro atoms. The molecule has 0 atom stereocenters. The number of piperazine rings is 1. The zero-order valence-electron chi connectivity index (χ0n) is 15.6. The number of rotatable bonds is 7. The predicted octanol–water partition coefficient (Wildman–Crippen LogP) is 2.86. The minimum atomic E-state index is -3.39. The number of hydrogen-bond donors (Lipinski definition) is 0. The van der Waals surface area contributed by atoms with Gasteiger partial charge in [0.15, 0.2) is 5.78 Å². The summed E-state index contributed by atoms with van der Waals surface area (Å²) in [7, 11) is -3.39. The van der Waals surface area contributed by atoms with E-state index in [0.717, 1.165) is 11.3 Å². The van der Waals surface area contributed by atoms with Crippen molar-refractivity contribution in [3.05, 3.63) is 46.8 Å². The Morgan fingerprint density at radius 2 is 1.93 bits per heavy atom. The van der Waals surface area contributed by atoms with E-state index in [0.29, 0.717) is 49.1 Å². The molecule has 1 saturated heterocycles. The number of thiophene rings is 1. The van der Waals surface area contributed by atoms with Crippen LogP contribution < -0.4 is 4.74 Å². The van der Waals surface area contributed by atoms with E-state index in [9.17, 15) is 13.2 Å². The maximum Gasteiger partial charge on any atom is 0.252 e. The van der Waals surface area contributed by atoms with Crippen LogP contribution in [0.15, 0.2) is 39.9 Å². The van der Waals surface area contributed by atoms with Gasteiger partial charge in [-0.25, -0.2) is 8.42 Å². The molecule has 146 valence electrons. The Kier molecular flexibility index (Phi) is 6.31. The Hall–Kier alpha value is -1.74. The quantitative estimate of drug-likeness (QED) is 0.659. The van der Waals surface area contributed by atoms with Gasteiger partial charge in [-0.3, -0.25) is 9.69 Å². The van der Waals surface area contributed by atoms with Gasteiger partial charge >= 0.3 is 0 Å². The second-order valence-corrected chi connectivity index (χ2v) is 9.54. The minimum Gasteiger partial charge on any atom is -0.494 e. The molecular weight excluding hydrogens is 384 g/mol. The second kappa shape index (κ2) is 8.52. The molecule has 1 aromatic carbocycles. The molecule has 0 N–H and O–H groups in total. The van der Waals surface area contributed by atoms with Crippen molar-refractivity contribution in [2.75, 3.05) is 32.8 Å². The lowest BCUT2D eigenvalue weighted by molar-refractivity contribution is 0.101. The third kappa shape index (κ3) is 4.57. The Balaban J connectivity index is 1.69. The molecule has 8 heteroatoms. The zero-order valence-corrected chi connectivity index (χ0v) is 17.2. The molecule has 1 aliphatic rings. The van der Waals surface area contributed by atoms with Crippen molar-refractivity contribution in [3.8, 4) is 5.75 Å². The van der Waals surface area contributed by atoms with Gasteiger partial charge in [0.2, 0.25) is 0 Å². The number of ether oxygens (including phenoxy) is 1. The first kappa shape index (κ1) is 20.0. The van der Waals surface area contributed by atoms with Gasteiger partial charge in [0.25, 0.3) is 10.0 Å². The summed E-state index contributed by atoms with van der Waals surface area (Å²) >= 11 is 1.25. The largest absolute Gasteiger partial charge is 0.494 e. The first-order chi connectivity index (χ1) is 12.9. The van der Waals surface area contributed by atoms with E-state index in [1.165, 1.54) is 11.3 Å².